The topological polar surface area (TPSA) is 41.1 Å². The summed E-state index contributed by atoms with van der Waals surface area (Å²) < 4.78 is 26.9. The number of carbonyl (C=O) groups is 1. The lowest BCUT2D eigenvalue weighted by molar-refractivity contribution is -0.119. The molecular weight excluding hydrogens is 226 g/mol. The number of amides is 1. The van der Waals surface area contributed by atoms with Gasteiger partial charge in [-0.25, -0.2) is 8.78 Å². The van der Waals surface area contributed by atoms with E-state index in [1.807, 2.05) is 0 Å². The quantitative estimate of drug-likeness (QED) is 0.844. The first-order valence-corrected chi connectivity index (χ1v) is 5.56. The first-order valence-electron chi connectivity index (χ1n) is 5.56. The Morgan fingerprint density at radius 2 is 2.12 bits per heavy atom. The summed E-state index contributed by atoms with van der Waals surface area (Å²) in [4.78, 5) is 11.4. The van der Waals surface area contributed by atoms with E-state index in [2.05, 4.69) is 10.6 Å². The lowest BCUT2D eigenvalue weighted by Gasteiger charge is -2.10. The average molecular weight is 240 g/mol. The zero-order valence-electron chi connectivity index (χ0n) is 9.52. The van der Waals surface area contributed by atoms with Gasteiger partial charge in [-0.3, -0.25) is 4.79 Å². The Morgan fingerprint density at radius 1 is 1.41 bits per heavy atom. The SMILES string of the molecule is Cc1ccc(F)c(NCC(=O)NC2CC2)c1F. The first kappa shape index (κ1) is 11.8. The highest BCUT2D eigenvalue weighted by Gasteiger charge is 2.23. The molecule has 0 unspecified atom stereocenters. The minimum absolute atomic E-state index is 0.117. The number of aryl methyl sites for hydroxylation is 1. The second-order valence-electron chi connectivity index (χ2n) is 4.25. The molecule has 1 aromatic carbocycles. The monoisotopic (exact) mass is 240 g/mol. The number of carbonyl (C=O) groups excluding carboxylic acids is 1. The molecule has 17 heavy (non-hydrogen) atoms. The van der Waals surface area contributed by atoms with Crippen molar-refractivity contribution in [1.29, 1.82) is 0 Å². The van der Waals surface area contributed by atoms with Gasteiger partial charge in [0.05, 0.1) is 6.54 Å². The molecule has 2 rings (SSSR count). The Balaban J connectivity index is 1.97. The molecule has 1 aliphatic rings. The van der Waals surface area contributed by atoms with Crippen molar-refractivity contribution in [3.05, 3.63) is 29.3 Å². The van der Waals surface area contributed by atoms with Crippen LogP contribution in [0.1, 0.15) is 18.4 Å². The minimum Gasteiger partial charge on any atom is -0.371 e. The number of hydrogen-bond donors (Lipinski definition) is 2. The van der Waals surface area contributed by atoms with Crippen LogP contribution in [-0.4, -0.2) is 18.5 Å². The van der Waals surface area contributed by atoms with Crippen LogP contribution < -0.4 is 10.6 Å². The van der Waals surface area contributed by atoms with Crippen molar-refractivity contribution in [1.82, 2.24) is 5.32 Å². The fourth-order valence-corrected chi connectivity index (χ4v) is 1.49. The predicted octanol–water partition coefficient (Wildman–Crippen LogP) is 1.96. The normalized spacial score (nSPS) is 14.5. The molecule has 2 N–H and O–H groups in total. The van der Waals surface area contributed by atoms with Crippen LogP contribution in [0.5, 0.6) is 0 Å². The van der Waals surface area contributed by atoms with Crippen LogP contribution >= 0.6 is 0 Å². The zero-order chi connectivity index (χ0) is 12.4. The van der Waals surface area contributed by atoms with E-state index in [0.29, 0.717) is 5.56 Å². The summed E-state index contributed by atoms with van der Waals surface area (Å²) in [6.45, 7) is 1.43. The maximum atomic E-state index is 13.6. The molecule has 0 aliphatic heterocycles. The molecular formula is C12H14F2N2O. The van der Waals surface area contributed by atoms with Crippen LogP contribution in [0, 0.1) is 18.6 Å². The molecule has 1 aliphatic carbocycles. The molecule has 0 bridgehead atoms. The number of nitrogens with one attached hydrogen (secondary N) is 2. The van der Waals surface area contributed by atoms with Gasteiger partial charge in [0.25, 0.3) is 0 Å². The summed E-state index contributed by atoms with van der Waals surface area (Å²) in [5.74, 6) is -1.58. The van der Waals surface area contributed by atoms with Crippen LogP contribution in [0.4, 0.5) is 14.5 Å². The minimum atomic E-state index is -0.688. The molecule has 3 nitrogen and oxygen atoms in total. The van der Waals surface area contributed by atoms with E-state index in [1.54, 1.807) is 6.92 Å². The predicted molar refractivity (Wildman–Crippen MR) is 60.7 cm³/mol. The third kappa shape index (κ3) is 2.93. The number of halogens is 2. The van der Waals surface area contributed by atoms with Crippen molar-refractivity contribution < 1.29 is 13.6 Å². The molecule has 1 fully saturated rings. The second kappa shape index (κ2) is 4.69. The maximum Gasteiger partial charge on any atom is 0.239 e. The van der Waals surface area contributed by atoms with Gasteiger partial charge in [-0.05, 0) is 31.4 Å². The van der Waals surface area contributed by atoms with Crippen LogP contribution in [0.2, 0.25) is 0 Å². The van der Waals surface area contributed by atoms with Crippen molar-refractivity contribution in [3.8, 4) is 0 Å². The van der Waals surface area contributed by atoms with Crippen molar-refractivity contribution >= 4 is 11.6 Å². The largest absolute Gasteiger partial charge is 0.371 e. The Hall–Kier alpha value is -1.65. The molecule has 1 amide bonds. The number of hydrogen-bond acceptors (Lipinski definition) is 2. The van der Waals surface area contributed by atoms with E-state index in [9.17, 15) is 13.6 Å². The van der Waals surface area contributed by atoms with Gasteiger partial charge < -0.3 is 10.6 Å². The summed E-state index contributed by atoms with van der Waals surface area (Å²) in [7, 11) is 0. The molecule has 0 spiro atoms. The molecule has 0 radical (unpaired) electrons. The Labute approximate surface area is 98.2 Å². The number of benzene rings is 1. The van der Waals surface area contributed by atoms with Gasteiger partial charge in [0.2, 0.25) is 5.91 Å². The molecule has 92 valence electrons. The first-order chi connectivity index (χ1) is 8.08. The van der Waals surface area contributed by atoms with Crippen molar-refractivity contribution in [3.63, 3.8) is 0 Å². The number of anilines is 1. The van der Waals surface area contributed by atoms with Crippen LogP contribution in [0.15, 0.2) is 12.1 Å². The van der Waals surface area contributed by atoms with E-state index in [1.165, 1.54) is 12.1 Å². The van der Waals surface area contributed by atoms with E-state index >= 15 is 0 Å². The third-order valence-corrected chi connectivity index (χ3v) is 2.65. The smallest absolute Gasteiger partial charge is 0.239 e. The average Bonchev–Trinajstić information content (AvgIpc) is 3.07. The summed E-state index contributed by atoms with van der Waals surface area (Å²) in [6, 6.07) is 2.79. The summed E-state index contributed by atoms with van der Waals surface area (Å²) >= 11 is 0. The number of rotatable bonds is 4. The van der Waals surface area contributed by atoms with Crippen LogP contribution in [0.25, 0.3) is 0 Å². The molecule has 0 aromatic heterocycles. The van der Waals surface area contributed by atoms with E-state index in [0.717, 1.165) is 12.8 Å². The molecule has 5 heteroatoms. The fraction of sp³-hybridized carbons (Fsp3) is 0.417. The van der Waals surface area contributed by atoms with Crippen molar-refractivity contribution in [2.75, 3.05) is 11.9 Å². The van der Waals surface area contributed by atoms with Gasteiger partial charge in [-0.2, -0.15) is 0 Å². The molecule has 0 saturated heterocycles. The third-order valence-electron chi connectivity index (χ3n) is 2.65. The molecule has 0 heterocycles. The van der Waals surface area contributed by atoms with Gasteiger partial charge >= 0.3 is 0 Å². The zero-order valence-corrected chi connectivity index (χ0v) is 9.52. The highest BCUT2D eigenvalue weighted by Crippen LogP contribution is 2.21. The highest BCUT2D eigenvalue weighted by atomic mass is 19.1. The van der Waals surface area contributed by atoms with Gasteiger partial charge in [-0.15, -0.1) is 0 Å². The van der Waals surface area contributed by atoms with Gasteiger partial charge in [0.15, 0.2) is 5.82 Å². The van der Waals surface area contributed by atoms with Crippen molar-refractivity contribution in [2.45, 2.75) is 25.8 Å². The van der Waals surface area contributed by atoms with Crippen LogP contribution in [-0.2, 0) is 4.79 Å². The van der Waals surface area contributed by atoms with E-state index in [4.69, 9.17) is 0 Å². The lowest BCUT2D eigenvalue weighted by atomic mass is 10.2. The van der Waals surface area contributed by atoms with E-state index in [-0.39, 0.29) is 24.2 Å². The summed E-state index contributed by atoms with van der Waals surface area (Å²) in [5.41, 5.74) is 0.104. The molecule has 1 aromatic rings. The van der Waals surface area contributed by atoms with E-state index < -0.39 is 11.6 Å². The molecule has 0 atom stereocenters. The standard InChI is InChI=1S/C12H14F2N2O/c1-7-2-5-9(13)12(11(7)14)15-6-10(17)16-8-3-4-8/h2,5,8,15H,3-4,6H2,1H3,(H,16,17). The maximum absolute atomic E-state index is 13.6. The Bertz CT molecular complexity index is 444. The Morgan fingerprint density at radius 3 is 2.76 bits per heavy atom. The summed E-state index contributed by atoms with van der Waals surface area (Å²) in [6.07, 6.45) is 1.97. The second-order valence-corrected chi connectivity index (χ2v) is 4.25. The van der Waals surface area contributed by atoms with Crippen molar-refractivity contribution in [2.24, 2.45) is 0 Å². The van der Waals surface area contributed by atoms with Crippen LogP contribution in [0.3, 0.4) is 0 Å². The molecule has 1 saturated carbocycles. The summed E-state index contributed by atoms with van der Waals surface area (Å²) in [5, 5.41) is 5.22. The highest BCUT2D eigenvalue weighted by molar-refractivity contribution is 5.81. The van der Waals surface area contributed by atoms with Gasteiger partial charge in [0.1, 0.15) is 11.5 Å². The lowest BCUT2D eigenvalue weighted by Crippen LogP contribution is -2.31. The van der Waals surface area contributed by atoms with Gasteiger partial charge in [0, 0.05) is 6.04 Å². The van der Waals surface area contributed by atoms with Gasteiger partial charge in [-0.1, -0.05) is 6.07 Å². The Kier molecular flexibility index (Phi) is 3.26. The fourth-order valence-electron chi connectivity index (χ4n) is 1.49.